The van der Waals surface area contributed by atoms with Gasteiger partial charge in [-0.05, 0) is 36.6 Å². The highest BCUT2D eigenvalue weighted by atomic mass is 35.5. The van der Waals surface area contributed by atoms with Crippen LogP contribution in [-0.2, 0) is 13.0 Å². The minimum atomic E-state index is -0.372. The van der Waals surface area contributed by atoms with Crippen molar-refractivity contribution in [2.45, 2.75) is 32.4 Å². The van der Waals surface area contributed by atoms with Crippen molar-refractivity contribution in [2.75, 3.05) is 0 Å². The van der Waals surface area contributed by atoms with Gasteiger partial charge in [0.25, 0.3) is 0 Å². The minimum Gasteiger partial charge on any atom is -0.486 e. The van der Waals surface area contributed by atoms with Crippen LogP contribution in [0.5, 0.6) is 5.75 Å². The van der Waals surface area contributed by atoms with Crippen molar-refractivity contribution in [3.63, 3.8) is 0 Å². The first-order chi connectivity index (χ1) is 10.1. The van der Waals surface area contributed by atoms with E-state index in [1.165, 1.54) is 6.07 Å². The molecule has 2 aromatic rings. The molecule has 2 nitrogen and oxygen atoms in total. The maximum absolute atomic E-state index is 14.0. The highest BCUT2D eigenvalue weighted by molar-refractivity contribution is 6.31. The molecule has 21 heavy (non-hydrogen) atoms. The van der Waals surface area contributed by atoms with Gasteiger partial charge in [-0.2, -0.15) is 0 Å². The van der Waals surface area contributed by atoms with E-state index >= 15 is 0 Å². The molecule has 0 fully saturated rings. The van der Waals surface area contributed by atoms with Crippen LogP contribution in [-0.4, -0.2) is 6.04 Å². The minimum absolute atomic E-state index is 0.0549. The highest BCUT2D eigenvalue weighted by Gasteiger charge is 2.08. The van der Waals surface area contributed by atoms with Gasteiger partial charge in [0.2, 0.25) is 0 Å². The normalized spacial score (nSPS) is 12.2. The molecule has 0 amide bonds. The molecule has 2 N–H and O–H groups in total. The number of hydrogen-bond donors (Lipinski definition) is 1. The zero-order valence-electron chi connectivity index (χ0n) is 12.0. The third kappa shape index (κ3) is 4.45. The van der Waals surface area contributed by atoms with Crippen molar-refractivity contribution in [1.29, 1.82) is 0 Å². The van der Waals surface area contributed by atoms with Crippen LogP contribution in [0.25, 0.3) is 0 Å². The lowest BCUT2D eigenvalue weighted by molar-refractivity contribution is 0.290. The summed E-state index contributed by atoms with van der Waals surface area (Å²) in [7, 11) is 0. The standard InChI is InChI=1S/C17H19ClFNO/c1-2-14(20)9-12-7-8-17(16(19)10-12)21-11-13-5-3-4-6-15(13)18/h3-8,10,14H,2,9,11,20H2,1H3. The van der Waals surface area contributed by atoms with Crippen molar-refractivity contribution in [3.8, 4) is 5.75 Å². The molecule has 4 heteroatoms. The van der Waals surface area contributed by atoms with Gasteiger partial charge in [-0.3, -0.25) is 0 Å². The number of hydrogen-bond acceptors (Lipinski definition) is 2. The fraction of sp³-hybridized carbons (Fsp3) is 0.294. The summed E-state index contributed by atoms with van der Waals surface area (Å²) in [5, 5.41) is 0.614. The molecule has 0 heterocycles. The Hall–Kier alpha value is -1.58. The summed E-state index contributed by atoms with van der Waals surface area (Å²) >= 11 is 6.04. The first-order valence-corrected chi connectivity index (χ1v) is 7.38. The fourth-order valence-corrected chi connectivity index (χ4v) is 2.20. The van der Waals surface area contributed by atoms with Crippen LogP contribution < -0.4 is 10.5 Å². The lowest BCUT2D eigenvalue weighted by Crippen LogP contribution is -2.21. The molecule has 0 aromatic heterocycles. The SMILES string of the molecule is CCC(N)Cc1ccc(OCc2ccccc2Cl)c(F)c1. The monoisotopic (exact) mass is 307 g/mol. The molecule has 0 aliphatic carbocycles. The van der Waals surface area contributed by atoms with Crippen molar-refractivity contribution in [1.82, 2.24) is 0 Å². The average Bonchev–Trinajstić information content (AvgIpc) is 2.48. The predicted molar refractivity (Wildman–Crippen MR) is 84.2 cm³/mol. The molecule has 0 radical (unpaired) electrons. The van der Waals surface area contributed by atoms with Crippen LogP contribution in [0, 0.1) is 5.82 Å². The summed E-state index contributed by atoms with van der Waals surface area (Å²) < 4.78 is 19.5. The highest BCUT2D eigenvalue weighted by Crippen LogP contribution is 2.22. The van der Waals surface area contributed by atoms with E-state index in [0.717, 1.165) is 17.5 Å². The van der Waals surface area contributed by atoms with E-state index in [-0.39, 0.29) is 24.2 Å². The number of ether oxygens (including phenoxy) is 1. The predicted octanol–water partition coefficient (Wildman–Crippen LogP) is 4.34. The van der Waals surface area contributed by atoms with Crippen molar-refractivity contribution in [3.05, 3.63) is 64.4 Å². The third-order valence-electron chi connectivity index (χ3n) is 3.36. The van der Waals surface area contributed by atoms with Gasteiger partial charge in [0, 0.05) is 16.6 Å². The molecule has 0 aliphatic rings. The molecule has 112 valence electrons. The Morgan fingerprint density at radius 3 is 2.67 bits per heavy atom. The lowest BCUT2D eigenvalue weighted by Gasteiger charge is -2.12. The molecular formula is C17H19ClFNO. The second-order valence-corrected chi connectivity index (χ2v) is 5.42. The first-order valence-electron chi connectivity index (χ1n) is 7.00. The number of benzene rings is 2. The Labute approximate surface area is 129 Å². The van der Waals surface area contributed by atoms with E-state index < -0.39 is 0 Å². The quantitative estimate of drug-likeness (QED) is 0.861. The summed E-state index contributed by atoms with van der Waals surface area (Å²) in [6, 6.07) is 12.4. The first kappa shape index (κ1) is 15.8. The Bertz CT molecular complexity index is 603. The van der Waals surface area contributed by atoms with E-state index in [0.29, 0.717) is 11.4 Å². The topological polar surface area (TPSA) is 35.2 Å². The Morgan fingerprint density at radius 2 is 2.00 bits per heavy atom. The molecule has 0 spiro atoms. The second-order valence-electron chi connectivity index (χ2n) is 5.02. The third-order valence-corrected chi connectivity index (χ3v) is 3.73. The van der Waals surface area contributed by atoms with Gasteiger partial charge in [0.1, 0.15) is 6.61 Å². The fourth-order valence-electron chi connectivity index (χ4n) is 2.01. The number of nitrogens with two attached hydrogens (primary N) is 1. The summed E-state index contributed by atoms with van der Waals surface area (Å²) in [5.74, 6) is -0.147. The van der Waals surface area contributed by atoms with Gasteiger partial charge in [-0.1, -0.05) is 42.8 Å². The van der Waals surface area contributed by atoms with Crippen molar-refractivity contribution >= 4 is 11.6 Å². The van der Waals surface area contributed by atoms with E-state index in [1.54, 1.807) is 12.1 Å². The van der Waals surface area contributed by atoms with Gasteiger partial charge in [0.15, 0.2) is 11.6 Å². The smallest absolute Gasteiger partial charge is 0.165 e. The molecule has 2 rings (SSSR count). The molecule has 0 aliphatic heterocycles. The summed E-state index contributed by atoms with van der Waals surface area (Å²) in [6.45, 7) is 2.26. The molecule has 1 unspecified atom stereocenters. The largest absolute Gasteiger partial charge is 0.486 e. The molecule has 1 atom stereocenters. The maximum atomic E-state index is 14.0. The molecular weight excluding hydrogens is 289 g/mol. The number of halogens is 2. The molecule has 0 saturated heterocycles. The van der Waals surface area contributed by atoms with Crippen LogP contribution in [0.15, 0.2) is 42.5 Å². The average molecular weight is 308 g/mol. The van der Waals surface area contributed by atoms with Gasteiger partial charge >= 0.3 is 0 Å². The second kappa shape index (κ2) is 7.43. The Kier molecular flexibility index (Phi) is 5.59. The summed E-state index contributed by atoms with van der Waals surface area (Å²) in [5.41, 5.74) is 7.59. The van der Waals surface area contributed by atoms with Crippen LogP contribution in [0.4, 0.5) is 4.39 Å². The molecule has 0 saturated carbocycles. The van der Waals surface area contributed by atoms with E-state index in [2.05, 4.69) is 0 Å². The summed E-state index contributed by atoms with van der Waals surface area (Å²) in [6.07, 6.45) is 1.53. The van der Waals surface area contributed by atoms with Gasteiger partial charge in [-0.15, -0.1) is 0 Å². The van der Waals surface area contributed by atoms with Gasteiger partial charge in [-0.25, -0.2) is 4.39 Å². The van der Waals surface area contributed by atoms with Gasteiger partial charge in [0.05, 0.1) is 0 Å². The van der Waals surface area contributed by atoms with Crippen LogP contribution in [0.3, 0.4) is 0 Å². The number of rotatable bonds is 6. The lowest BCUT2D eigenvalue weighted by atomic mass is 10.0. The van der Waals surface area contributed by atoms with Crippen LogP contribution in [0.2, 0.25) is 5.02 Å². The summed E-state index contributed by atoms with van der Waals surface area (Å²) in [4.78, 5) is 0. The van der Waals surface area contributed by atoms with Crippen molar-refractivity contribution < 1.29 is 9.13 Å². The van der Waals surface area contributed by atoms with E-state index in [4.69, 9.17) is 22.1 Å². The van der Waals surface area contributed by atoms with Gasteiger partial charge < -0.3 is 10.5 Å². The zero-order valence-corrected chi connectivity index (χ0v) is 12.7. The van der Waals surface area contributed by atoms with E-state index in [9.17, 15) is 4.39 Å². The zero-order chi connectivity index (χ0) is 15.2. The maximum Gasteiger partial charge on any atom is 0.165 e. The Morgan fingerprint density at radius 1 is 1.24 bits per heavy atom. The van der Waals surface area contributed by atoms with Crippen LogP contribution >= 0.6 is 11.6 Å². The van der Waals surface area contributed by atoms with Crippen molar-refractivity contribution in [2.24, 2.45) is 5.73 Å². The van der Waals surface area contributed by atoms with Crippen LogP contribution in [0.1, 0.15) is 24.5 Å². The van der Waals surface area contributed by atoms with E-state index in [1.807, 2.05) is 31.2 Å². The Balaban J connectivity index is 2.03. The molecule has 0 bridgehead atoms. The molecule has 2 aromatic carbocycles.